The predicted octanol–water partition coefficient (Wildman–Crippen LogP) is 1.72. The molecule has 2 heteroatoms. The highest BCUT2D eigenvalue weighted by Crippen LogP contribution is 2.11. The van der Waals surface area contributed by atoms with Gasteiger partial charge in [-0.25, -0.2) is 0 Å². The Kier molecular flexibility index (Phi) is 4.74. The fourth-order valence-corrected chi connectivity index (χ4v) is 2.14. The third-order valence-corrected chi connectivity index (χ3v) is 2.97. The smallest absolute Gasteiger partial charge is 0.0193 e. The maximum absolute atomic E-state index is 3.43. The van der Waals surface area contributed by atoms with E-state index in [1.54, 1.807) is 0 Å². The molecular formula is C11H24N2. The lowest BCUT2D eigenvalue weighted by molar-refractivity contribution is 0.149. The van der Waals surface area contributed by atoms with Crippen LogP contribution < -0.4 is 5.32 Å². The van der Waals surface area contributed by atoms with E-state index in [-0.39, 0.29) is 0 Å². The molecule has 0 aromatic carbocycles. The third kappa shape index (κ3) is 3.65. The molecule has 0 spiro atoms. The number of nitrogens with zero attached hydrogens (tertiary/aromatic N) is 1. The summed E-state index contributed by atoms with van der Waals surface area (Å²) in [5.74, 6) is 0.866. The van der Waals surface area contributed by atoms with E-state index >= 15 is 0 Å². The molecule has 0 radical (unpaired) electrons. The first-order valence-electron chi connectivity index (χ1n) is 5.68. The van der Waals surface area contributed by atoms with Crippen molar-refractivity contribution in [1.29, 1.82) is 0 Å². The fraction of sp³-hybridized carbons (Fsp3) is 1.00. The summed E-state index contributed by atoms with van der Waals surface area (Å²) in [5.41, 5.74) is 0. The summed E-state index contributed by atoms with van der Waals surface area (Å²) in [4.78, 5) is 2.62. The van der Waals surface area contributed by atoms with Crippen LogP contribution in [0.3, 0.4) is 0 Å². The van der Waals surface area contributed by atoms with Crippen molar-refractivity contribution in [3.8, 4) is 0 Å². The van der Waals surface area contributed by atoms with Crippen molar-refractivity contribution < 1.29 is 0 Å². The number of nitrogens with one attached hydrogen (secondary N) is 1. The van der Waals surface area contributed by atoms with Gasteiger partial charge in [0.05, 0.1) is 0 Å². The third-order valence-electron chi connectivity index (χ3n) is 2.97. The molecule has 1 saturated heterocycles. The van der Waals surface area contributed by atoms with Crippen molar-refractivity contribution >= 4 is 0 Å². The Morgan fingerprint density at radius 3 is 2.92 bits per heavy atom. The Hall–Kier alpha value is -0.0800. The van der Waals surface area contributed by atoms with Crippen LogP contribution >= 0.6 is 0 Å². The van der Waals surface area contributed by atoms with Gasteiger partial charge in [-0.3, -0.25) is 4.90 Å². The summed E-state index contributed by atoms with van der Waals surface area (Å²) in [6, 6.07) is 0.730. The first-order valence-corrected chi connectivity index (χ1v) is 5.68. The zero-order chi connectivity index (χ0) is 9.68. The van der Waals surface area contributed by atoms with Crippen LogP contribution in [0.15, 0.2) is 0 Å². The van der Waals surface area contributed by atoms with E-state index in [1.165, 1.54) is 39.0 Å². The van der Waals surface area contributed by atoms with E-state index in [4.69, 9.17) is 0 Å². The zero-order valence-electron chi connectivity index (χ0n) is 9.34. The van der Waals surface area contributed by atoms with Gasteiger partial charge in [-0.05, 0) is 19.3 Å². The van der Waals surface area contributed by atoms with Crippen LogP contribution in [0.1, 0.15) is 33.6 Å². The molecule has 1 heterocycles. The SMILES string of the molecule is CCCC(C)CN1CCNC[C@@H]1C. The molecule has 1 unspecified atom stereocenters. The minimum absolute atomic E-state index is 0.730. The summed E-state index contributed by atoms with van der Waals surface area (Å²) in [5, 5.41) is 3.43. The maximum atomic E-state index is 3.43. The number of hydrogen-bond donors (Lipinski definition) is 1. The van der Waals surface area contributed by atoms with Crippen LogP contribution in [0.2, 0.25) is 0 Å². The highest BCUT2D eigenvalue weighted by atomic mass is 15.2. The molecule has 78 valence electrons. The molecule has 0 aromatic heterocycles. The lowest BCUT2D eigenvalue weighted by Crippen LogP contribution is -2.50. The number of piperazine rings is 1. The van der Waals surface area contributed by atoms with Crippen LogP contribution in [0.4, 0.5) is 0 Å². The Morgan fingerprint density at radius 2 is 2.31 bits per heavy atom. The van der Waals surface area contributed by atoms with Gasteiger partial charge in [0, 0.05) is 32.2 Å². The Bertz CT molecular complexity index is 136. The Balaban J connectivity index is 2.25. The lowest BCUT2D eigenvalue weighted by atomic mass is 10.0. The summed E-state index contributed by atoms with van der Waals surface area (Å²) in [6.07, 6.45) is 2.69. The van der Waals surface area contributed by atoms with E-state index in [2.05, 4.69) is 31.0 Å². The van der Waals surface area contributed by atoms with Gasteiger partial charge in [-0.1, -0.05) is 20.3 Å². The molecule has 0 bridgehead atoms. The molecule has 1 rings (SSSR count). The molecule has 0 aromatic rings. The molecule has 2 atom stereocenters. The van der Waals surface area contributed by atoms with Crippen molar-refractivity contribution in [3.63, 3.8) is 0 Å². The number of rotatable bonds is 4. The zero-order valence-corrected chi connectivity index (χ0v) is 9.34. The summed E-state index contributed by atoms with van der Waals surface area (Å²) in [7, 11) is 0. The maximum Gasteiger partial charge on any atom is 0.0193 e. The molecule has 1 aliphatic heterocycles. The van der Waals surface area contributed by atoms with Gasteiger partial charge in [0.15, 0.2) is 0 Å². The van der Waals surface area contributed by atoms with Crippen LogP contribution in [0, 0.1) is 5.92 Å². The van der Waals surface area contributed by atoms with Gasteiger partial charge in [0.2, 0.25) is 0 Å². The highest BCUT2D eigenvalue weighted by Gasteiger charge is 2.18. The van der Waals surface area contributed by atoms with Gasteiger partial charge in [-0.2, -0.15) is 0 Å². The van der Waals surface area contributed by atoms with Crippen LogP contribution in [-0.4, -0.2) is 37.1 Å². The lowest BCUT2D eigenvalue weighted by Gasteiger charge is -2.35. The van der Waals surface area contributed by atoms with Crippen LogP contribution in [-0.2, 0) is 0 Å². The molecule has 0 aliphatic carbocycles. The highest BCUT2D eigenvalue weighted by molar-refractivity contribution is 4.77. The van der Waals surface area contributed by atoms with Crippen LogP contribution in [0.5, 0.6) is 0 Å². The topological polar surface area (TPSA) is 15.3 Å². The van der Waals surface area contributed by atoms with Crippen molar-refractivity contribution in [1.82, 2.24) is 10.2 Å². The first kappa shape index (κ1) is 11.0. The fourth-order valence-electron chi connectivity index (χ4n) is 2.14. The predicted molar refractivity (Wildman–Crippen MR) is 58.0 cm³/mol. The van der Waals surface area contributed by atoms with E-state index in [0.717, 1.165) is 12.0 Å². The van der Waals surface area contributed by atoms with Gasteiger partial charge in [0.25, 0.3) is 0 Å². The molecule has 13 heavy (non-hydrogen) atoms. The quantitative estimate of drug-likeness (QED) is 0.715. The van der Waals surface area contributed by atoms with Crippen molar-refractivity contribution in [2.24, 2.45) is 5.92 Å². The summed E-state index contributed by atoms with van der Waals surface area (Å²) >= 11 is 0. The van der Waals surface area contributed by atoms with E-state index in [9.17, 15) is 0 Å². The molecule has 1 aliphatic rings. The standard InChI is InChI=1S/C11H24N2/c1-4-5-10(2)9-13-7-6-12-8-11(13)3/h10-12H,4-9H2,1-3H3/t10?,11-/m0/s1. The molecular weight excluding hydrogens is 160 g/mol. The second-order valence-electron chi connectivity index (χ2n) is 4.44. The second kappa shape index (κ2) is 5.61. The van der Waals surface area contributed by atoms with Crippen molar-refractivity contribution in [2.45, 2.75) is 39.7 Å². The first-order chi connectivity index (χ1) is 6.24. The van der Waals surface area contributed by atoms with Gasteiger partial charge < -0.3 is 5.32 Å². The minimum atomic E-state index is 0.730. The largest absolute Gasteiger partial charge is 0.314 e. The van der Waals surface area contributed by atoms with E-state index in [0.29, 0.717) is 0 Å². The van der Waals surface area contributed by atoms with Gasteiger partial charge >= 0.3 is 0 Å². The summed E-state index contributed by atoms with van der Waals surface area (Å²) in [6.45, 7) is 11.8. The molecule has 1 N–H and O–H groups in total. The van der Waals surface area contributed by atoms with Gasteiger partial charge in [-0.15, -0.1) is 0 Å². The molecule has 2 nitrogen and oxygen atoms in total. The molecule has 0 amide bonds. The minimum Gasteiger partial charge on any atom is -0.314 e. The number of hydrogen-bond acceptors (Lipinski definition) is 2. The normalized spacial score (nSPS) is 27.5. The van der Waals surface area contributed by atoms with Gasteiger partial charge in [0.1, 0.15) is 0 Å². The van der Waals surface area contributed by atoms with E-state index in [1.807, 2.05) is 0 Å². The molecule has 0 saturated carbocycles. The van der Waals surface area contributed by atoms with Crippen LogP contribution in [0.25, 0.3) is 0 Å². The van der Waals surface area contributed by atoms with E-state index < -0.39 is 0 Å². The summed E-state index contributed by atoms with van der Waals surface area (Å²) < 4.78 is 0. The second-order valence-corrected chi connectivity index (χ2v) is 4.44. The Morgan fingerprint density at radius 1 is 1.54 bits per heavy atom. The van der Waals surface area contributed by atoms with Crippen molar-refractivity contribution in [2.75, 3.05) is 26.2 Å². The average Bonchev–Trinajstić information content (AvgIpc) is 2.09. The monoisotopic (exact) mass is 184 g/mol. The molecule has 1 fully saturated rings. The van der Waals surface area contributed by atoms with Crippen molar-refractivity contribution in [3.05, 3.63) is 0 Å². The average molecular weight is 184 g/mol. The Labute approximate surface area is 82.7 Å².